The summed E-state index contributed by atoms with van der Waals surface area (Å²) in [5.41, 5.74) is -5.02. The van der Waals surface area contributed by atoms with Crippen LogP contribution in [0.15, 0.2) is 24.3 Å². The summed E-state index contributed by atoms with van der Waals surface area (Å²) in [5, 5.41) is 0. The predicted molar refractivity (Wildman–Crippen MR) is 46.7 cm³/mol. The summed E-state index contributed by atoms with van der Waals surface area (Å²) in [6.07, 6.45) is -11.1. The minimum absolute atomic E-state index is 0.0327. The maximum atomic E-state index is 12.8. The third-order valence-corrected chi connectivity index (χ3v) is 4.14. The summed E-state index contributed by atoms with van der Waals surface area (Å²) in [6, 6.07) is 4.54. The molecule has 1 aliphatic heterocycles. The Morgan fingerprint density at radius 3 is 2.00 bits per heavy atom. The molecule has 0 aromatic heterocycles. The fourth-order valence-corrected chi connectivity index (χ4v) is 3.49. The van der Waals surface area contributed by atoms with Gasteiger partial charge in [-0.1, -0.05) is 0 Å². The van der Waals surface area contributed by atoms with Crippen molar-refractivity contribution in [3.8, 4) is 0 Å². The third-order valence-electron chi connectivity index (χ3n) is 2.32. The summed E-state index contributed by atoms with van der Waals surface area (Å²) in [4.78, 5) is 0. The molecule has 0 fully saturated rings. The Balaban J connectivity index is 2.68. The van der Waals surface area contributed by atoms with Crippen LogP contribution in [0.5, 0.6) is 0 Å². The van der Waals surface area contributed by atoms with E-state index in [4.69, 9.17) is 0 Å². The second-order valence-corrected chi connectivity index (χ2v) is 4.96. The molecule has 0 N–H and O–H groups in total. The molecule has 0 bridgehead atoms. The third kappa shape index (κ3) is 1.66. The zero-order valence-corrected chi connectivity index (χ0v) is 9.61. The van der Waals surface area contributed by atoms with Crippen LogP contribution in [0.4, 0.5) is 26.3 Å². The zero-order valence-electron chi connectivity index (χ0n) is 7.89. The normalized spacial score (nSPS) is 19.2. The summed E-state index contributed by atoms with van der Waals surface area (Å²) < 4.78 is 80.7. The number of alkyl halides is 6. The van der Waals surface area contributed by atoms with Crippen molar-refractivity contribution < 1.29 is 30.2 Å². The molecule has 1 aromatic rings. The van der Waals surface area contributed by atoms with Crippen LogP contribution in [-0.2, 0) is 9.42 Å². The maximum absolute atomic E-state index is 12.8. The Hall–Kier alpha value is -0.721. The van der Waals surface area contributed by atoms with Crippen molar-refractivity contribution in [1.82, 2.24) is 0 Å². The van der Waals surface area contributed by atoms with Crippen LogP contribution in [-0.4, -0.2) is 27.6 Å². The van der Waals surface area contributed by atoms with Gasteiger partial charge in [-0.25, -0.2) is 0 Å². The molecule has 0 radical (unpaired) electrons. The molecule has 0 spiro atoms. The fraction of sp³-hybridized carbons (Fsp3) is 0.333. The fourth-order valence-electron chi connectivity index (χ4n) is 1.54. The Morgan fingerprint density at radius 1 is 0.941 bits per heavy atom. The topological polar surface area (TPSA) is 9.23 Å². The number of halogens is 6. The number of hydrogen-bond donors (Lipinski definition) is 0. The first-order valence-electron chi connectivity index (χ1n) is 4.29. The van der Waals surface area contributed by atoms with Gasteiger partial charge < -0.3 is 0 Å². The molecule has 2 rings (SSSR count). The van der Waals surface area contributed by atoms with Crippen LogP contribution in [0, 0.1) is 0 Å². The molecular formula is C9H4F6OSe. The molecule has 0 saturated carbocycles. The monoisotopic (exact) mass is 322 g/mol. The van der Waals surface area contributed by atoms with Crippen molar-refractivity contribution in [1.29, 1.82) is 0 Å². The summed E-state index contributed by atoms with van der Waals surface area (Å²) >= 11 is -1.29. The number of fused-ring (bicyclic) bond motifs is 1. The summed E-state index contributed by atoms with van der Waals surface area (Å²) in [6.45, 7) is 0. The van der Waals surface area contributed by atoms with Gasteiger partial charge in [-0.3, -0.25) is 0 Å². The Bertz CT molecular complexity index is 424. The van der Waals surface area contributed by atoms with E-state index < -0.39 is 38.8 Å². The van der Waals surface area contributed by atoms with E-state index >= 15 is 0 Å². The average Bonchev–Trinajstić information content (AvgIpc) is 2.55. The standard InChI is InChI=1S/C9H4F6OSe/c10-8(11,12)7(9(13,14)15)5-3-1-2-4-6(5)17-16-7/h1-4H. The molecule has 1 heterocycles. The predicted octanol–water partition coefficient (Wildman–Crippen LogP) is 2.28. The molecule has 0 amide bonds. The molecule has 94 valence electrons. The van der Waals surface area contributed by atoms with Gasteiger partial charge in [-0.05, 0) is 0 Å². The summed E-state index contributed by atoms with van der Waals surface area (Å²) in [5.74, 6) is 0. The minimum atomic E-state index is -5.53. The van der Waals surface area contributed by atoms with Gasteiger partial charge in [0.15, 0.2) is 0 Å². The number of hydrogen-bond acceptors (Lipinski definition) is 1. The van der Waals surface area contributed by atoms with E-state index in [0.29, 0.717) is 0 Å². The van der Waals surface area contributed by atoms with Gasteiger partial charge in [0.2, 0.25) is 0 Å². The molecule has 1 aromatic carbocycles. The molecule has 0 atom stereocenters. The van der Waals surface area contributed by atoms with Crippen LogP contribution in [0.1, 0.15) is 5.56 Å². The van der Waals surface area contributed by atoms with Gasteiger partial charge in [0.05, 0.1) is 0 Å². The number of benzene rings is 1. The molecular weight excluding hydrogens is 317 g/mol. The van der Waals surface area contributed by atoms with Crippen molar-refractivity contribution >= 4 is 19.7 Å². The van der Waals surface area contributed by atoms with Crippen molar-refractivity contribution in [3.05, 3.63) is 29.8 Å². The molecule has 8 heteroatoms. The van der Waals surface area contributed by atoms with Crippen molar-refractivity contribution in [3.63, 3.8) is 0 Å². The van der Waals surface area contributed by atoms with Crippen LogP contribution in [0.3, 0.4) is 0 Å². The van der Waals surface area contributed by atoms with Gasteiger partial charge in [-0.2, -0.15) is 0 Å². The second-order valence-electron chi connectivity index (χ2n) is 3.34. The van der Waals surface area contributed by atoms with Crippen LogP contribution in [0.25, 0.3) is 0 Å². The van der Waals surface area contributed by atoms with Gasteiger partial charge in [0, 0.05) is 0 Å². The van der Waals surface area contributed by atoms with Gasteiger partial charge >= 0.3 is 97.7 Å². The van der Waals surface area contributed by atoms with E-state index in [9.17, 15) is 26.3 Å². The van der Waals surface area contributed by atoms with E-state index in [1.165, 1.54) is 12.1 Å². The van der Waals surface area contributed by atoms with E-state index in [1.54, 1.807) is 0 Å². The van der Waals surface area contributed by atoms with Crippen LogP contribution < -0.4 is 4.46 Å². The van der Waals surface area contributed by atoms with Gasteiger partial charge in [-0.15, -0.1) is 0 Å². The first-order chi connectivity index (χ1) is 7.70. The van der Waals surface area contributed by atoms with E-state index in [1.807, 2.05) is 0 Å². The zero-order chi connectivity index (χ0) is 12.9. The Kier molecular flexibility index (Phi) is 2.72. The van der Waals surface area contributed by atoms with Gasteiger partial charge in [0.1, 0.15) is 0 Å². The van der Waals surface area contributed by atoms with Crippen molar-refractivity contribution in [2.75, 3.05) is 0 Å². The summed E-state index contributed by atoms with van der Waals surface area (Å²) in [7, 11) is 0. The van der Waals surface area contributed by atoms with Crippen LogP contribution >= 0.6 is 0 Å². The van der Waals surface area contributed by atoms with E-state index in [0.717, 1.165) is 12.1 Å². The Morgan fingerprint density at radius 2 is 1.47 bits per heavy atom. The quantitative estimate of drug-likeness (QED) is 0.526. The molecule has 17 heavy (non-hydrogen) atoms. The van der Waals surface area contributed by atoms with Crippen LogP contribution in [0.2, 0.25) is 0 Å². The SMILES string of the molecule is FC(F)(F)C1(C(F)(F)F)O[Se]c2ccccc21. The molecule has 0 saturated heterocycles. The molecule has 0 unspecified atom stereocenters. The average molecular weight is 321 g/mol. The van der Waals surface area contributed by atoms with Crippen molar-refractivity contribution in [2.45, 2.75) is 18.0 Å². The van der Waals surface area contributed by atoms with E-state index in [2.05, 4.69) is 3.82 Å². The van der Waals surface area contributed by atoms with Gasteiger partial charge in [0.25, 0.3) is 0 Å². The molecule has 0 aliphatic carbocycles. The Labute approximate surface area is 98.2 Å². The van der Waals surface area contributed by atoms with E-state index in [-0.39, 0.29) is 4.46 Å². The molecule has 1 nitrogen and oxygen atoms in total. The number of rotatable bonds is 0. The first kappa shape index (κ1) is 12.7. The second kappa shape index (κ2) is 3.63. The van der Waals surface area contributed by atoms with Crippen molar-refractivity contribution in [2.24, 2.45) is 0 Å². The first-order valence-corrected chi connectivity index (χ1v) is 5.84. The molecule has 1 aliphatic rings.